The Balaban J connectivity index is 2.28. The minimum atomic E-state index is -4.44. The normalized spacial score (nSPS) is 11.3. The first-order chi connectivity index (χ1) is 8.38. The summed E-state index contributed by atoms with van der Waals surface area (Å²) in [5.41, 5.74) is 3.80. The molecule has 18 heavy (non-hydrogen) atoms. The number of benzene rings is 1. The van der Waals surface area contributed by atoms with Crippen LogP contribution < -0.4 is 5.48 Å². The molecule has 0 heterocycles. The van der Waals surface area contributed by atoms with Gasteiger partial charge in [-0.3, -0.25) is 9.63 Å². The fraction of sp³-hybridized carbons (Fsp3) is 0.417. The molecule has 1 N–H and O–H groups in total. The number of hydrogen-bond donors (Lipinski definition) is 1. The lowest BCUT2D eigenvalue weighted by molar-refractivity contribution is -0.191. The molecule has 0 unspecified atom stereocenters. The lowest BCUT2D eigenvalue weighted by Gasteiger charge is -2.09. The largest absolute Gasteiger partial charge is 0.414 e. The Morgan fingerprint density at radius 1 is 1.33 bits per heavy atom. The molecule has 0 saturated heterocycles. The zero-order valence-corrected chi connectivity index (χ0v) is 9.88. The molecule has 0 aliphatic rings. The molecule has 6 heteroatoms. The number of rotatable bonds is 5. The molecule has 0 bridgehead atoms. The van der Waals surface area contributed by atoms with Crippen LogP contribution >= 0.6 is 0 Å². The highest BCUT2D eigenvalue weighted by atomic mass is 19.4. The number of carbonyl (C=O) groups is 1. The van der Waals surface area contributed by atoms with E-state index < -0.39 is 18.7 Å². The second kappa shape index (κ2) is 6.39. The summed E-state index contributed by atoms with van der Waals surface area (Å²) in [5.74, 6) is -0.567. The van der Waals surface area contributed by atoms with Crippen LogP contribution in [0.15, 0.2) is 24.3 Å². The standard InChI is InChI=1S/C12H14F3NO2/c1-9-4-2-3-5-10(9)6-7-11(17)16-18-8-12(13,14)15/h2-5H,6-8H2,1H3,(H,16,17). The van der Waals surface area contributed by atoms with Gasteiger partial charge in [0.2, 0.25) is 5.91 Å². The van der Waals surface area contributed by atoms with E-state index in [0.717, 1.165) is 11.1 Å². The Labute approximate surface area is 103 Å². The van der Waals surface area contributed by atoms with Crippen molar-refractivity contribution < 1.29 is 22.8 Å². The number of amides is 1. The minimum absolute atomic E-state index is 0.0860. The zero-order valence-electron chi connectivity index (χ0n) is 9.88. The molecule has 3 nitrogen and oxygen atoms in total. The van der Waals surface area contributed by atoms with Crippen LogP contribution in [-0.2, 0) is 16.1 Å². The predicted octanol–water partition coefficient (Wildman–Crippen LogP) is 2.54. The molecule has 0 aliphatic heterocycles. The third kappa shape index (κ3) is 5.67. The van der Waals surface area contributed by atoms with Gasteiger partial charge in [0.1, 0.15) is 0 Å². The monoisotopic (exact) mass is 261 g/mol. The summed E-state index contributed by atoms with van der Waals surface area (Å²) in [5, 5.41) is 0. The van der Waals surface area contributed by atoms with E-state index in [1.54, 1.807) is 5.48 Å². The number of nitrogens with one attached hydrogen (secondary N) is 1. The Bertz CT molecular complexity index is 405. The summed E-state index contributed by atoms with van der Waals surface area (Å²) in [6.07, 6.45) is -3.89. The molecule has 1 rings (SSSR count). The van der Waals surface area contributed by atoms with Crippen molar-refractivity contribution >= 4 is 5.91 Å². The van der Waals surface area contributed by atoms with Crippen molar-refractivity contribution in [2.45, 2.75) is 25.9 Å². The van der Waals surface area contributed by atoms with Gasteiger partial charge in [-0.05, 0) is 24.5 Å². The highest BCUT2D eigenvalue weighted by molar-refractivity contribution is 5.75. The summed E-state index contributed by atoms with van der Waals surface area (Å²) >= 11 is 0. The summed E-state index contributed by atoms with van der Waals surface area (Å²) in [4.78, 5) is 15.3. The summed E-state index contributed by atoms with van der Waals surface area (Å²) < 4.78 is 35.2. The van der Waals surface area contributed by atoms with Crippen molar-refractivity contribution in [3.8, 4) is 0 Å². The molecule has 0 aliphatic carbocycles. The molecule has 1 aromatic carbocycles. The number of alkyl halides is 3. The van der Waals surface area contributed by atoms with Gasteiger partial charge in [-0.1, -0.05) is 24.3 Å². The van der Waals surface area contributed by atoms with E-state index in [4.69, 9.17) is 0 Å². The van der Waals surface area contributed by atoms with Crippen molar-refractivity contribution in [3.05, 3.63) is 35.4 Å². The number of carbonyl (C=O) groups excluding carboxylic acids is 1. The molecule has 100 valence electrons. The van der Waals surface area contributed by atoms with Gasteiger partial charge in [-0.15, -0.1) is 0 Å². The molecular weight excluding hydrogens is 247 g/mol. The number of hydrogen-bond acceptors (Lipinski definition) is 2. The van der Waals surface area contributed by atoms with Crippen LogP contribution in [0.5, 0.6) is 0 Å². The van der Waals surface area contributed by atoms with Crippen molar-refractivity contribution in [2.75, 3.05) is 6.61 Å². The quantitative estimate of drug-likeness (QED) is 0.827. The molecule has 0 fully saturated rings. The van der Waals surface area contributed by atoms with E-state index in [-0.39, 0.29) is 6.42 Å². The molecule has 0 spiro atoms. The zero-order chi connectivity index (χ0) is 13.6. The fourth-order valence-corrected chi connectivity index (χ4v) is 1.39. The summed E-state index contributed by atoms with van der Waals surface area (Å²) in [6, 6.07) is 7.51. The van der Waals surface area contributed by atoms with Crippen molar-refractivity contribution in [1.29, 1.82) is 0 Å². The van der Waals surface area contributed by atoms with Gasteiger partial charge in [-0.2, -0.15) is 13.2 Å². The Hall–Kier alpha value is -1.56. The van der Waals surface area contributed by atoms with Crippen LogP contribution in [0.4, 0.5) is 13.2 Å². The van der Waals surface area contributed by atoms with E-state index in [9.17, 15) is 18.0 Å². The van der Waals surface area contributed by atoms with Gasteiger partial charge < -0.3 is 0 Å². The molecule has 0 saturated carbocycles. The number of aryl methyl sites for hydroxylation is 2. The first kappa shape index (κ1) is 14.5. The predicted molar refractivity (Wildman–Crippen MR) is 59.6 cm³/mol. The SMILES string of the molecule is Cc1ccccc1CCC(=O)NOCC(F)(F)F. The lowest BCUT2D eigenvalue weighted by Crippen LogP contribution is -2.29. The van der Waals surface area contributed by atoms with E-state index >= 15 is 0 Å². The first-order valence-electron chi connectivity index (χ1n) is 5.40. The molecule has 1 aromatic rings. The van der Waals surface area contributed by atoms with Gasteiger partial charge in [0.25, 0.3) is 0 Å². The average Bonchev–Trinajstić information content (AvgIpc) is 2.26. The maximum atomic E-state index is 11.7. The van der Waals surface area contributed by atoms with E-state index in [1.165, 1.54) is 0 Å². The van der Waals surface area contributed by atoms with E-state index in [2.05, 4.69) is 4.84 Å². The second-order valence-corrected chi connectivity index (χ2v) is 3.86. The highest BCUT2D eigenvalue weighted by Gasteiger charge is 2.28. The summed E-state index contributed by atoms with van der Waals surface area (Å²) in [7, 11) is 0. The van der Waals surface area contributed by atoms with Gasteiger partial charge in [-0.25, -0.2) is 5.48 Å². The van der Waals surface area contributed by atoms with Gasteiger partial charge in [0.05, 0.1) is 0 Å². The van der Waals surface area contributed by atoms with Crippen LogP contribution in [0.2, 0.25) is 0 Å². The van der Waals surface area contributed by atoms with Crippen LogP contribution in [-0.4, -0.2) is 18.7 Å². The van der Waals surface area contributed by atoms with Crippen molar-refractivity contribution in [3.63, 3.8) is 0 Å². The average molecular weight is 261 g/mol. The number of hydroxylamine groups is 1. The third-order valence-corrected chi connectivity index (χ3v) is 2.30. The minimum Gasteiger partial charge on any atom is -0.273 e. The number of halogens is 3. The van der Waals surface area contributed by atoms with Crippen molar-refractivity contribution in [1.82, 2.24) is 5.48 Å². The molecular formula is C12H14F3NO2. The smallest absolute Gasteiger partial charge is 0.273 e. The molecule has 0 atom stereocenters. The highest BCUT2D eigenvalue weighted by Crippen LogP contribution is 2.13. The Morgan fingerprint density at radius 3 is 2.61 bits per heavy atom. The van der Waals surface area contributed by atoms with E-state index in [0.29, 0.717) is 6.42 Å². The first-order valence-corrected chi connectivity index (χ1v) is 5.40. The Morgan fingerprint density at radius 2 is 2.00 bits per heavy atom. The van der Waals surface area contributed by atoms with Crippen LogP contribution in [0.1, 0.15) is 17.5 Å². The van der Waals surface area contributed by atoms with Crippen LogP contribution in [0.25, 0.3) is 0 Å². The maximum absolute atomic E-state index is 11.7. The fourth-order valence-electron chi connectivity index (χ4n) is 1.39. The topological polar surface area (TPSA) is 38.3 Å². The van der Waals surface area contributed by atoms with Gasteiger partial charge in [0, 0.05) is 6.42 Å². The molecule has 1 amide bonds. The van der Waals surface area contributed by atoms with Crippen LogP contribution in [0.3, 0.4) is 0 Å². The molecule has 0 radical (unpaired) electrons. The lowest BCUT2D eigenvalue weighted by atomic mass is 10.0. The van der Waals surface area contributed by atoms with E-state index in [1.807, 2.05) is 31.2 Å². The Kier molecular flexibility index (Phi) is 5.15. The van der Waals surface area contributed by atoms with Gasteiger partial charge >= 0.3 is 6.18 Å². The second-order valence-electron chi connectivity index (χ2n) is 3.86. The molecule has 0 aromatic heterocycles. The maximum Gasteiger partial charge on any atom is 0.414 e. The van der Waals surface area contributed by atoms with Crippen LogP contribution in [0, 0.1) is 6.92 Å². The van der Waals surface area contributed by atoms with Gasteiger partial charge in [0.15, 0.2) is 6.61 Å². The third-order valence-electron chi connectivity index (χ3n) is 2.30. The summed E-state index contributed by atoms with van der Waals surface area (Å²) in [6.45, 7) is 0.427. The van der Waals surface area contributed by atoms with Crippen molar-refractivity contribution in [2.24, 2.45) is 0 Å².